The molecule has 4 nitrogen and oxygen atoms in total. The molecule has 1 heterocycles. The number of rotatable bonds is 6. The fraction of sp³-hybridized carbons (Fsp3) is 0.316. The maximum Gasteiger partial charge on any atom is 0.124 e. The number of hydrogen-bond acceptors (Lipinski definition) is 3. The predicted molar refractivity (Wildman–Crippen MR) is 93.2 cm³/mol. The number of nitrogens with one attached hydrogen (secondary N) is 1. The van der Waals surface area contributed by atoms with Crippen LogP contribution in [0.15, 0.2) is 48.5 Å². The van der Waals surface area contributed by atoms with Gasteiger partial charge in [-0.2, -0.15) is 0 Å². The first-order valence-electron chi connectivity index (χ1n) is 8.16. The van der Waals surface area contributed by atoms with Gasteiger partial charge in [0.25, 0.3) is 0 Å². The zero-order valence-corrected chi connectivity index (χ0v) is 13.9. The van der Waals surface area contributed by atoms with Crippen molar-refractivity contribution in [3.05, 3.63) is 65.7 Å². The predicted octanol–water partition coefficient (Wildman–Crippen LogP) is 3.58. The van der Waals surface area contributed by atoms with Gasteiger partial charge in [0.05, 0.1) is 23.7 Å². The molecule has 0 radical (unpaired) electrons. The van der Waals surface area contributed by atoms with Crippen LogP contribution >= 0.6 is 0 Å². The second-order valence-electron chi connectivity index (χ2n) is 6.18. The van der Waals surface area contributed by atoms with Crippen LogP contribution in [-0.2, 0) is 6.54 Å². The summed E-state index contributed by atoms with van der Waals surface area (Å²) < 4.78 is 15.1. The van der Waals surface area contributed by atoms with Crippen molar-refractivity contribution in [2.45, 2.75) is 32.5 Å². The summed E-state index contributed by atoms with van der Waals surface area (Å²) in [5, 5.41) is 13.4. The number of para-hydroxylation sites is 2. The minimum atomic E-state index is -0.678. The normalized spacial score (nSPS) is 12.9. The maximum absolute atomic E-state index is 12.9. The van der Waals surface area contributed by atoms with E-state index in [2.05, 4.69) is 34.8 Å². The van der Waals surface area contributed by atoms with Crippen molar-refractivity contribution in [2.24, 2.45) is 0 Å². The lowest BCUT2D eigenvalue weighted by atomic mass is 10.1. The largest absolute Gasteiger partial charge is 0.387 e. The van der Waals surface area contributed by atoms with Crippen LogP contribution in [0.4, 0.5) is 4.39 Å². The van der Waals surface area contributed by atoms with Gasteiger partial charge in [0.1, 0.15) is 11.6 Å². The fourth-order valence-electron chi connectivity index (χ4n) is 2.92. The molecule has 0 fully saturated rings. The number of nitrogens with zero attached hydrogens (tertiary/aromatic N) is 2. The van der Waals surface area contributed by atoms with Crippen LogP contribution in [0.2, 0.25) is 0 Å². The Bertz CT molecular complexity index is 811. The molecule has 2 aromatic carbocycles. The van der Waals surface area contributed by atoms with Gasteiger partial charge in [-0.1, -0.05) is 24.3 Å². The monoisotopic (exact) mass is 327 g/mol. The van der Waals surface area contributed by atoms with Crippen LogP contribution in [-0.4, -0.2) is 21.2 Å². The molecule has 0 aliphatic carbocycles. The van der Waals surface area contributed by atoms with Gasteiger partial charge in [0, 0.05) is 12.6 Å². The van der Waals surface area contributed by atoms with Crippen LogP contribution in [0.25, 0.3) is 11.0 Å². The molecule has 0 saturated heterocycles. The highest BCUT2D eigenvalue weighted by Crippen LogP contribution is 2.21. The smallest absolute Gasteiger partial charge is 0.124 e. The zero-order chi connectivity index (χ0) is 17.1. The lowest BCUT2D eigenvalue weighted by molar-refractivity contribution is 0.174. The summed E-state index contributed by atoms with van der Waals surface area (Å²) in [7, 11) is 0. The molecule has 0 bridgehead atoms. The van der Waals surface area contributed by atoms with E-state index < -0.39 is 6.10 Å². The lowest BCUT2D eigenvalue weighted by Crippen LogP contribution is -2.23. The van der Waals surface area contributed by atoms with E-state index in [0.717, 1.165) is 16.9 Å². The molecule has 1 atom stereocenters. The standard InChI is InChI=1S/C19H22FN3O/c1-13(2)23-17-6-4-3-5-16(17)22-19(23)12-21-11-18(24)14-7-9-15(20)10-8-14/h3-10,13,18,21,24H,11-12H2,1-2H3. The van der Waals surface area contributed by atoms with Gasteiger partial charge in [-0.15, -0.1) is 0 Å². The van der Waals surface area contributed by atoms with Crippen molar-refractivity contribution in [2.75, 3.05) is 6.54 Å². The van der Waals surface area contributed by atoms with Crippen LogP contribution in [0.1, 0.15) is 37.4 Å². The van der Waals surface area contributed by atoms with E-state index in [1.165, 1.54) is 12.1 Å². The highest BCUT2D eigenvalue weighted by Gasteiger charge is 2.13. The summed E-state index contributed by atoms with van der Waals surface area (Å²) in [6.07, 6.45) is -0.678. The van der Waals surface area contributed by atoms with Crippen molar-refractivity contribution in [1.29, 1.82) is 0 Å². The summed E-state index contributed by atoms with van der Waals surface area (Å²) in [6.45, 7) is 5.20. The molecule has 24 heavy (non-hydrogen) atoms. The van der Waals surface area contributed by atoms with E-state index in [4.69, 9.17) is 0 Å². The number of imidazole rings is 1. The molecular formula is C19H22FN3O. The second kappa shape index (κ2) is 7.11. The van der Waals surface area contributed by atoms with E-state index in [1.54, 1.807) is 12.1 Å². The van der Waals surface area contributed by atoms with Crippen molar-refractivity contribution >= 4 is 11.0 Å². The van der Waals surface area contributed by atoms with Crippen LogP contribution in [0.5, 0.6) is 0 Å². The Hall–Kier alpha value is -2.24. The van der Waals surface area contributed by atoms with E-state index in [1.807, 2.05) is 18.2 Å². The van der Waals surface area contributed by atoms with Crippen LogP contribution in [0, 0.1) is 5.82 Å². The van der Waals surface area contributed by atoms with E-state index >= 15 is 0 Å². The Labute approximate surface area is 141 Å². The molecule has 3 rings (SSSR count). The Morgan fingerprint density at radius 1 is 1.12 bits per heavy atom. The SMILES string of the molecule is CC(C)n1c(CNCC(O)c2ccc(F)cc2)nc2ccccc21. The molecule has 3 aromatic rings. The fourth-order valence-corrected chi connectivity index (χ4v) is 2.92. The highest BCUT2D eigenvalue weighted by molar-refractivity contribution is 5.76. The number of aliphatic hydroxyl groups excluding tert-OH is 1. The van der Waals surface area contributed by atoms with Crippen LogP contribution < -0.4 is 5.32 Å². The van der Waals surface area contributed by atoms with Crippen molar-refractivity contribution in [1.82, 2.24) is 14.9 Å². The third-order valence-corrected chi connectivity index (χ3v) is 4.06. The van der Waals surface area contributed by atoms with Gasteiger partial charge < -0.3 is 15.0 Å². The first-order chi connectivity index (χ1) is 11.6. The summed E-state index contributed by atoms with van der Waals surface area (Å²) >= 11 is 0. The van der Waals surface area contributed by atoms with Gasteiger partial charge in [-0.05, 0) is 43.7 Å². The van der Waals surface area contributed by atoms with Crippen molar-refractivity contribution in [3.8, 4) is 0 Å². The van der Waals surface area contributed by atoms with Gasteiger partial charge in [0.15, 0.2) is 0 Å². The first-order valence-corrected chi connectivity index (χ1v) is 8.16. The van der Waals surface area contributed by atoms with Crippen LogP contribution in [0.3, 0.4) is 0 Å². The molecular weight excluding hydrogens is 305 g/mol. The average Bonchev–Trinajstić information content (AvgIpc) is 2.93. The molecule has 1 unspecified atom stereocenters. The number of hydrogen-bond donors (Lipinski definition) is 2. The van der Waals surface area contributed by atoms with Gasteiger partial charge >= 0.3 is 0 Å². The summed E-state index contributed by atoms with van der Waals surface area (Å²) in [5.74, 6) is 0.641. The molecule has 0 saturated carbocycles. The molecule has 0 spiro atoms. The molecule has 0 amide bonds. The summed E-state index contributed by atoms with van der Waals surface area (Å²) in [4.78, 5) is 4.68. The number of halogens is 1. The van der Waals surface area contributed by atoms with Crippen molar-refractivity contribution in [3.63, 3.8) is 0 Å². The molecule has 1 aromatic heterocycles. The molecule has 0 aliphatic heterocycles. The van der Waals surface area contributed by atoms with E-state index in [9.17, 15) is 9.50 Å². The lowest BCUT2D eigenvalue weighted by Gasteiger charge is -2.15. The minimum Gasteiger partial charge on any atom is -0.387 e. The summed E-state index contributed by atoms with van der Waals surface area (Å²) in [5.41, 5.74) is 2.78. The number of aliphatic hydroxyl groups is 1. The van der Waals surface area contributed by atoms with E-state index in [-0.39, 0.29) is 5.82 Å². The van der Waals surface area contributed by atoms with Crippen molar-refractivity contribution < 1.29 is 9.50 Å². The molecule has 2 N–H and O–H groups in total. The van der Waals surface area contributed by atoms with Gasteiger partial charge in [-0.25, -0.2) is 9.37 Å². The zero-order valence-electron chi connectivity index (χ0n) is 13.9. The quantitative estimate of drug-likeness (QED) is 0.727. The molecule has 0 aliphatic rings. The van der Waals surface area contributed by atoms with E-state index in [0.29, 0.717) is 24.7 Å². The summed E-state index contributed by atoms with van der Waals surface area (Å²) in [6, 6.07) is 14.3. The Morgan fingerprint density at radius 3 is 2.54 bits per heavy atom. The number of benzene rings is 2. The first kappa shape index (κ1) is 16.6. The highest BCUT2D eigenvalue weighted by atomic mass is 19.1. The number of fused-ring (bicyclic) bond motifs is 1. The third-order valence-electron chi connectivity index (χ3n) is 4.06. The third kappa shape index (κ3) is 3.47. The average molecular weight is 327 g/mol. The molecule has 5 heteroatoms. The number of aromatic nitrogens is 2. The van der Waals surface area contributed by atoms with Gasteiger partial charge in [0.2, 0.25) is 0 Å². The minimum absolute atomic E-state index is 0.301. The molecule has 126 valence electrons. The maximum atomic E-state index is 12.9. The Kier molecular flexibility index (Phi) is 4.92. The van der Waals surface area contributed by atoms with Gasteiger partial charge in [-0.3, -0.25) is 0 Å². The second-order valence-corrected chi connectivity index (χ2v) is 6.18. The topological polar surface area (TPSA) is 50.1 Å². The Balaban J connectivity index is 1.69. The Morgan fingerprint density at radius 2 is 1.83 bits per heavy atom.